The molecule has 1 fully saturated rings. The van der Waals surface area contributed by atoms with Gasteiger partial charge in [0.15, 0.2) is 0 Å². The van der Waals surface area contributed by atoms with Crippen molar-refractivity contribution >= 4 is 5.91 Å². The van der Waals surface area contributed by atoms with Gasteiger partial charge in [0.2, 0.25) is 5.91 Å². The molecule has 1 aromatic heterocycles. The van der Waals surface area contributed by atoms with Gasteiger partial charge in [-0.15, -0.1) is 0 Å². The maximum atomic E-state index is 12.2. The largest absolute Gasteiger partial charge is 0.355 e. The topological polar surface area (TPSA) is 68.0 Å². The van der Waals surface area contributed by atoms with Crippen LogP contribution in [0.5, 0.6) is 0 Å². The fourth-order valence-electron chi connectivity index (χ4n) is 2.63. The molecule has 0 spiro atoms. The van der Waals surface area contributed by atoms with E-state index in [4.69, 9.17) is 5.73 Å². The van der Waals surface area contributed by atoms with Crippen molar-refractivity contribution in [2.45, 2.75) is 32.1 Å². The van der Waals surface area contributed by atoms with Crippen molar-refractivity contribution in [3.63, 3.8) is 0 Å². The molecule has 0 saturated heterocycles. The minimum atomic E-state index is -0.293. The Labute approximate surface area is 108 Å². The number of nitrogens with two attached hydrogens (primary N) is 1. The number of hydrogen-bond donors (Lipinski definition) is 2. The minimum absolute atomic E-state index is 0.136. The van der Waals surface area contributed by atoms with Crippen LogP contribution in [-0.2, 0) is 11.2 Å². The summed E-state index contributed by atoms with van der Waals surface area (Å²) in [6.07, 6.45) is 8.50. The third-order valence-corrected chi connectivity index (χ3v) is 3.88. The van der Waals surface area contributed by atoms with Gasteiger partial charge >= 0.3 is 0 Å². The monoisotopic (exact) mass is 247 g/mol. The van der Waals surface area contributed by atoms with Crippen LogP contribution < -0.4 is 11.1 Å². The van der Waals surface area contributed by atoms with Gasteiger partial charge in [0, 0.05) is 25.5 Å². The van der Waals surface area contributed by atoms with Crippen LogP contribution in [0, 0.1) is 5.41 Å². The van der Waals surface area contributed by atoms with Crippen molar-refractivity contribution in [2.75, 3.05) is 13.1 Å². The summed E-state index contributed by atoms with van der Waals surface area (Å²) >= 11 is 0. The standard InChI is InChI=1S/C14H21N3O/c15-11-14(6-1-2-7-14)13(18)17-10-5-12-3-8-16-9-4-12/h3-4,8-9H,1-2,5-7,10-11,15H2,(H,17,18). The predicted molar refractivity (Wildman–Crippen MR) is 70.9 cm³/mol. The molecule has 1 saturated carbocycles. The molecule has 1 heterocycles. The first-order chi connectivity index (χ1) is 8.77. The van der Waals surface area contributed by atoms with E-state index in [1.54, 1.807) is 12.4 Å². The number of nitrogens with one attached hydrogen (secondary N) is 1. The van der Waals surface area contributed by atoms with E-state index in [9.17, 15) is 4.79 Å². The molecule has 18 heavy (non-hydrogen) atoms. The Morgan fingerprint density at radius 3 is 2.61 bits per heavy atom. The van der Waals surface area contributed by atoms with E-state index in [0.717, 1.165) is 32.1 Å². The lowest BCUT2D eigenvalue weighted by atomic mass is 9.85. The zero-order valence-corrected chi connectivity index (χ0v) is 10.7. The van der Waals surface area contributed by atoms with E-state index < -0.39 is 0 Å². The molecule has 1 aromatic rings. The van der Waals surface area contributed by atoms with Crippen molar-refractivity contribution in [1.82, 2.24) is 10.3 Å². The number of rotatable bonds is 5. The van der Waals surface area contributed by atoms with Gasteiger partial charge in [0.05, 0.1) is 5.41 Å². The predicted octanol–water partition coefficient (Wildman–Crippen LogP) is 1.26. The normalized spacial score (nSPS) is 17.6. The van der Waals surface area contributed by atoms with Gasteiger partial charge in [0.1, 0.15) is 0 Å². The molecular formula is C14H21N3O. The lowest BCUT2D eigenvalue weighted by molar-refractivity contribution is -0.130. The Morgan fingerprint density at radius 2 is 2.00 bits per heavy atom. The van der Waals surface area contributed by atoms with E-state index in [1.165, 1.54) is 5.56 Å². The second-order valence-corrected chi connectivity index (χ2v) is 5.05. The molecule has 0 radical (unpaired) electrons. The zero-order chi connectivity index (χ0) is 12.8. The van der Waals surface area contributed by atoms with Crippen LogP contribution in [0.3, 0.4) is 0 Å². The number of aromatic nitrogens is 1. The minimum Gasteiger partial charge on any atom is -0.355 e. The molecule has 0 bridgehead atoms. The van der Waals surface area contributed by atoms with E-state index in [2.05, 4.69) is 10.3 Å². The quantitative estimate of drug-likeness (QED) is 0.823. The van der Waals surface area contributed by atoms with Crippen molar-refractivity contribution in [2.24, 2.45) is 11.1 Å². The molecule has 98 valence electrons. The zero-order valence-electron chi connectivity index (χ0n) is 10.7. The second kappa shape index (κ2) is 5.96. The fourth-order valence-corrected chi connectivity index (χ4v) is 2.63. The van der Waals surface area contributed by atoms with Crippen molar-refractivity contribution in [3.05, 3.63) is 30.1 Å². The summed E-state index contributed by atoms with van der Waals surface area (Å²) in [4.78, 5) is 16.2. The van der Waals surface area contributed by atoms with Gasteiger partial charge in [-0.3, -0.25) is 9.78 Å². The van der Waals surface area contributed by atoms with Gasteiger partial charge in [-0.25, -0.2) is 0 Å². The van der Waals surface area contributed by atoms with Crippen LogP contribution >= 0.6 is 0 Å². The number of amides is 1. The number of carbonyl (C=O) groups is 1. The Morgan fingerprint density at radius 1 is 1.33 bits per heavy atom. The molecule has 1 aliphatic carbocycles. The van der Waals surface area contributed by atoms with Gasteiger partial charge in [-0.2, -0.15) is 0 Å². The Kier molecular flexibility index (Phi) is 4.31. The average Bonchev–Trinajstić information content (AvgIpc) is 2.90. The molecule has 4 nitrogen and oxygen atoms in total. The number of nitrogens with zero attached hydrogens (tertiary/aromatic N) is 1. The van der Waals surface area contributed by atoms with E-state index in [1.807, 2.05) is 12.1 Å². The molecule has 0 aliphatic heterocycles. The summed E-state index contributed by atoms with van der Waals surface area (Å²) < 4.78 is 0. The van der Waals surface area contributed by atoms with Crippen LogP contribution in [0.2, 0.25) is 0 Å². The van der Waals surface area contributed by atoms with Crippen molar-refractivity contribution in [3.8, 4) is 0 Å². The Balaban J connectivity index is 1.81. The number of carbonyl (C=O) groups excluding carboxylic acids is 1. The van der Waals surface area contributed by atoms with Crippen molar-refractivity contribution in [1.29, 1.82) is 0 Å². The van der Waals surface area contributed by atoms with Gasteiger partial charge in [-0.05, 0) is 37.0 Å². The molecule has 1 aliphatic rings. The van der Waals surface area contributed by atoms with Crippen molar-refractivity contribution < 1.29 is 4.79 Å². The van der Waals surface area contributed by atoms with Crippen LogP contribution in [0.4, 0.5) is 0 Å². The molecule has 4 heteroatoms. The highest BCUT2D eigenvalue weighted by molar-refractivity contribution is 5.83. The maximum absolute atomic E-state index is 12.2. The first-order valence-corrected chi connectivity index (χ1v) is 6.64. The van der Waals surface area contributed by atoms with Crippen LogP contribution in [0.1, 0.15) is 31.2 Å². The summed E-state index contributed by atoms with van der Waals surface area (Å²) in [6, 6.07) is 3.95. The lowest BCUT2D eigenvalue weighted by Gasteiger charge is -2.25. The molecule has 0 atom stereocenters. The lowest BCUT2D eigenvalue weighted by Crippen LogP contribution is -2.44. The SMILES string of the molecule is NCC1(C(=O)NCCc2ccncc2)CCCC1. The summed E-state index contributed by atoms with van der Waals surface area (Å²) in [5.41, 5.74) is 6.68. The number of pyridine rings is 1. The highest BCUT2D eigenvalue weighted by Crippen LogP contribution is 2.37. The fraction of sp³-hybridized carbons (Fsp3) is 0.571. The third kappa shape index (κ3) is 2.88. The molecule has 2 rings (SSSR count). The van der Waals surface area contributed by atoms with E-state index in [0.29, 0.717) is 13.1 Å². The number of hydrogen-bond acceptors (Lipinski definition) is 3. The summed E-state index contributed by atoms with van der Waals surface area (Å²) in [5.74, 6) is 0.136. The third-order valence-electron chi connectivity index (χ3n) is 3.88. The van der Waals surface area contributed by atoms with E-state index >= 15 is 0 Å². The Bertz CT molecular complexity index is 385. The summed E-state index contributed by atoms with van der Waals surface area (Å²) in [7, 11) is 0. The van der Waals surface area contributed by atoms with Crippen LogP contribution in [0.25, 0.3) is 0 Å². The van der Waals surface area contributed by atoms with Gasteiger partial charge in [-0.1, -0.05) is 12.8 Å². The molecule has 1 amide bonds. The molecule has 0 unspecified atom stereocenters. The maximum Gasteiger partial charge on any atom is 0.227 e. The molecule has 3 N–H and O–H groups in total. The first kappa shape index (κ1) is 13.0. The Hall–Kier alpha value is -1.42. The molecular weight excluding hydrogens is 226 g/mol. The molecule has 0 aromatic carbocycles. The van der Waals surface area contributed by atoms with E-state index in [-0.39, 0.29) is 11.3 Å². The average molecular weight is 247 g/mol. The summed E-state index contributed by atoms with van der Waals surface area (Å²) in [5, 5.41) is 3.03. The highest BCUT2D eigenvalue weighted by Gasteiger charge is 2.39. The van der Waals surface area contributed by atoms with Gasteiger partial charge in [0.25, 0.3) is 0 Å². The first-order valence-electron chi connectivity index (χ1n) is 6.64. The summed E-state index contributed by atoms with van der Waals surface area (Å²) in [6.45, 7) is 1.14. The van der Waals surface area contributed by atoms with Crippen LogP contribution in [-0.4, -0.2) is 24.0 Å². The highest BCUT2D eigenvalue weighted by atomic mass is 16.2. The second-order valence-electron chi connectivity index (χ2n) is 5.05. The smallest absolute Gasteiger partial charge is 0.227 e. The van der Waals surface area contributed by atoms with Crippen LogP contribution in [0.15, 0.2) is 24.5 Å². The van der Waals surface area contributed by atoms with Gasteiger partial charge < -0.3 is 11.1 Å².